The molecule has 0 aliphatic heterocycles. The summed E-state index contributed by atoms with van der Waals surface area (Å²) < 4.78 is 18.5. The Morgan fingerprint density at radius 2 is 1.95 bits per heavy atom. The van der Waals surface area contributed by atoms with E-state index >= 15 is 0 Å². The summed E-state index contributed by atoms with van der Waals surface area (Å²) in [5, 5.41) is 11.5. The van der Waals surface area contributed by atoms with E-state index in [-0.39, 0.29) is 17.2 Å². The molecule has 110 valence electrons. The fraction of sp³-hybridized carbons (Fsp3) is 0.429. The Morgan fingerprint density at radius 3 is 2.50 bits per heavy atom. The van der Waals surface area contributed by atoms with Crippen molar-refractivity contribution >= 4 is 11.9 Å². The molecule has 0 bridgehead atoms. The molecule has 0 spiro atoms. The Labute approximate surface area is 116 Å². The van der Waals surface area contributed by atoms with Crippen LogP contribution in [0.1, 0.15) is 31.1 Å². The van der Waals surface area contributed by atoms with Gasteiger partial charge in [0.05, 0.1) is 5.56 Å². The number of halogens is 1. The van der Waals surface area contributed by atoms with Crippen molar-refractivity contribution in [3.63, 3.8) is 0 Å². The van der Waals surface area contributed by atoms with Gasteiger partial charge in [0.25, 0.3) is 5.91 Å². The summed E-state index contributed by atoms with van der Waals surface area (Å²) in [6.07, 6.45) is -0.836. The lowest BCUT2D eigenvalue weighted by Crippen LogP contribution is -2.38. The summed E-state index contributed by atoms with van der Waals surface area (Å²) in [6, 6.07) is 3.11. The van der Waals surface area contributed by atoms with Gasteiger partial charge in [0.1, 0.15) is 11.6 Å². The molecule has 0 heterocycles. The number of hydrogen-bond acceptors (Lipinski definition) is 3. The molecule has 1 unspecified atom stereocenters. The SMILES string of the molecule is CC(C)CNC(=O)C(C)Oc1cc(F)cc(C(=O)O)c1. The van der Waals surface area contributed by atoms with Crippen LogP contribution in [0.15, 0.2) is 18.2 Å². The number of amides is 1. The van der Waals surface area contributed by atoms with Gasteiger partial charge in [-0.2, -0.15) is 0 Å². The van der Waals surface area contributed by atoms with E-state index in [0.29, 0.717) is 12.5 Å². The number of rotatable bonds is 6. The lowest BCUT2D eigenvalue weighted by atomic mass is 10.2. The van der Waals surface area contributed by atoms with Gasteiger partial charge in [-0.25, -0.2) is 9.18 Å². The van der Waals surface area contributed by atoms with E-state index in [4.69, 9.17) is 9.84 Å². The number of carboxylic acids is 1. The number of aromatic carboxylic acids is 1. The fourth-order valence-electron chi connectivity index (χ4n) is 1.46. The van der Waals surface area contributed by atoms with Crippen LogP contribution in [0, 0.1) is 11.7 Å². The Bertz CT molecular complexity index is 502. The summed E-state index contributed by atoms with van der Waals surface area (Å²) in [5.41, 5.74) is -0.227. The summed E-state index contributed by atoms with van der Waals surface area (Å²) >= 11 is 0. The fourth-order valence-corrected chi connectivity index (χ4v) is 1.46. The van der Waals surface area contributed by atoms with Crippen LogP contribution in [-0.4, -0.2) is 29.6 Å². The maximum atomic E-state index is 13.2. The topological polar surface area (TPSA) is 75.6 Å². The standard InChI is InChI=1S/C14H18FNO4/c1-8(2)7-16-13(17)9(3)20-12-5-10(14(18)19)4-11(15)6-12/h4-6,8-9H,7H2,1-3H3,(H,16,17)(H,18,19). The molecule has 5 nitrogen and oxygen atoms in total. The second-order valence-electron chi connectivity index (χ2n) is 4.88. The quantitative estimate of drug-likeness (QED) is 0.838. The van der Waals surface area contributed by atoms with Crippen LogP contribution in [0.4, 0.5) is 4.39 Å². The zero-order valence-electron chi connectivity index (χ0n) is 11.6. The Morgan fingerprint density at radius 1 is 1.30 bits per heavy atom. The zero-order chi connectivity index (χ0) is 15.3. The number of benzene rings is 1. The van der Waals surface area contributed by atoms with Crippen LogP contribution in [0.2, 0.25) is 0 Å². The molecular weight excluding hydrogens is 265 g/mol. The highest BCUT2D eigenvalue weighted by Crippen LogP contribution is 2.18. The third-order valence-electron chi connectivity index (χ3n) is 2.48. The van der Waals surface area contributed by atoms with E-state index in [1.54, 1.807) is 0 Å². The smallest absolute Gasteiger partial charge is 0.335 e. The van der Waals surface area contributed by atoms with E-state index < -0.39 is 17.9 Å². The molecule has 1 atom stereocenters. The molecular formula is C14H18FNO4. The number of ether oxygens (including phenoxy) is 1. The minimum Gasteiger partial charge on any atom is -0.481 e. The molecule has 6 heteroatoms. The largest absolute Gasteiger partial charge is 0.481 e. The number of carbonyl (C=O) groups is 2. The van der Waals surface area contributed by atoms with Crippen molar-refractivity contribution in [3.05, 3.63) is 29.6 Å². The van der Waals surface area contributed by atoms with Crippen LogP contribution >= 0.6 is 0 Å². The third kappa shape index (κ3) is 4.87. The lowest BCUT2D eigenvalue weighted by molar-refractivity contribution is -0.127. The predicted octanol–water partition coefficient (Wildman–Crippen LogP) is 2.06. The summed E-state index contributed by atoms with van der Waals surface area (Å²) in [6.45, 7) is 5.94. The van der Waals surface area contributed by atoms with Crippen molar-refractivity contribution < 1.29 is 23.8 Å². The summed E-state index contributed by atoms with van der Waals surface area (Å²) in [7, 11) is 0. The first-order valence-corrected chi connectivity index (χ1v) is 6.28. The van der Waals surface area contributed by atoms with E-state index in [9.17, 15) is 14.0 Å². The Kier molecular flexibility index (Phi) is 5.49. The average Bonchev–Trinajstić information content (AvgIpc) is 2.34. The maximum Gasteiger partial charge on any atom is 0.335 e. The zero-order valence-corrected chi connectivity index (χ0v) is 11.6. The Balaban J connectivity index is 2.72. The molecule has 1 aromatic rings. The molecule has 1 amide bonds. The molecule has 1 aromatic carbocycles. The minimum atomic E-state index is -1.26. The van der Waals surface area contributed by atoms with Crippen molar-refractivity contribution in [2.45, 2.75) is 26.9 Å². The van der Waals surface area contributed by atoms with Crippen LogP contribution in [0.25, 0.3) is 0 Å². The molecule has 20 heavy (non-hydrogen) atoms. The monoisotopic (exact) mass is 283 g/mol. The Hall–Kier alpha value is -2.11. The molecule has 2 N–H and O–H groups in total. The van der Waals surface area contributed by atoms with Gasteiger partial charge in [0, 0.05) is 12.6 Å². The van der Waals surface area contributed by atoms with Gasteiger partial charge < -0.3 is 15.2 Å². The third-order valence-corrected chi connectivity index (χ3v) is 2.48. The molecule has 0 aliphatic carbocycles. The molecule has 0 saturated carbocycles. The van der Waals surface area contributed by atoms with Gasteiger partial charge in [-0.1, -0.05) is 13.8 Å². The van der Waals surface area contributed by atoms with E-state index in [0.717, 1.165) is 12.1 Å². The molecule has 0 fully saturated rings. The van der Waals surface area contributed by atoms with Crippen molar-refractivity contribution in [2.24, 2.45) is 5.92 Å². The van der Waals surface area contributed by atoms with Gasteiger partial charge >= 0.3 is 5.97 Å². The lowest BCUT2D eigenvalue weighted by Gasteiger charge is -2.16. The van der Waals surface area contributed by atoms with Crippen molar-refractivity contribution in [1.82, 2.24) is 5.32 Å². The van der Waals surface area contributed by atoms with Crippen LogP contribution in [0.5, 0.6) is 5.75 Å². The highest BCUT2D eigenvalue weighted by Gasteiger charge is 2.16. The number of carbonyl (C=O) groups excluding carboxylic acids is 1. The maximum absolute atomic E-state index is 13.2. The highest BCUT2D eigenvalue weighted by molar-refractivity contribution is 5.88. The number of carboxylic acid groups (broad SMARTS) is 1. The number of hydrogen-bond donors (Lipinski definition) is 2. The van der Waals surface area contributed by atoms with Gasteiger partial charge in [-0.15, -0.1) is 0 Å². The van der Waals surface area contributed by atoms with Crippen LogP contribution in [0.3, 0.4) is 0 Å². The predicted molar refractivity (Wildman–Crippen MR) is 71.3 cm³/mol. The molecule has 1 rings (SSSR count). The van der Waals surface area contributed by atoms with Crippen LogP contribution in [-0.2, 0) is 4.79 Å². The van der Waals surface area contributed by atoms with Crippen LogP contribution < -0.4 is 10.1 Å². The van der Waals surface area contributed by atoms with Gasteiger partial charge in [-0.3, -0.25) is 4.79 Å². The van der Waals surface area contributed by atoms with Crippen molar-refractivity contribution in [2.75, 3.05) is 6.54 Å². The second kappa shape index (κ2) is 6.88. The molecule has 0 aromatic heterocycles. The van der Waals surface area contributed by atoms with Crippen molar-refractivity contribution in [1.29, 1.82) is 0 Å². The van der Waals surface area contributed by atoms with E-state index in [1.807, 2.05) is 13.8 Å². The minimum absolute atomic E-state index is 0.00889. The van der Waals surface area contributed by atoms with Gasteiger partial charge in [0.15, 0.2) is 6.10 Å². The summed E-state index contributed by atoms with van der Waals surface area (Å²) in [5.74, 6) is -2.01. The first-order valence-electron chi connectivity index (χ1n) is 6.28. The summed E-state index contributed by atoms with van der Waals surface area (Å²) in [4.78, 5) is 22.5. The van der Waals surface area contributed by atoms with Gasteiger partial charge in [0.2, 0.25) is 0 Å². The molecule has 0 aliphatic rings. The second-order valence-corrected chi connectivity index (χ2v) is 4.88. The van der Waals surface area contributed by atoms with E-state index in [1.165, 1.54) is 13.0 Å². The number of nitrogens with one attached hydrogen (secondary N) is 1. The first kappa shape index (κ1) is 15.9. The van der Waals surface area contributed by atoms with E-state index in [2.05, 4.69) is 5.32 Å². The van der Waals surface area contributed by atoms with Crippen molar-refractivity contribution in [3.8, 4) is 5.75 Å². The first-order chi connectivity index (χ1) is 9.29. The average molecular weight is 283 g/mol. The normalized spacial score (nSPS) is 12.1. The molecule has 0 saturated heterocycles. The highest BCUT2D eigenvalue weighted by atomic mass is 19.1. The van der Waals surface area contributed by atoms with Gasteiger partial charge in [-0.05, 0) is 25.0 Å². The molecule has 0 radical (unpaired) electrons.